The van der Waals surface area contributed by atoms with Gasteiger partial charge in [0.15, 0.2) is 0 Å². The van der Waals surface area contributed by atoms with Crippen molar-refractivity contribution in [2.45, 2.75) is 19.4 Å². The molecule has 0 fully saturated rings. The highest BCUT2D eigenvalue weighted by molar-refractivity contribution is 5.36. The Morgan fingerprint density at radius 3 is 2.62 bits per heavy atom. The van der Waals surface area contributed by atoms with Gasteiger partial charge in [0.1, 0.15) is 11.5 Å². The molecule has 2 aromatic carbocycles. The second-order valence-corrected chi connectivity index (χ2v) is 5.04. The molecule has 0 heterocycles. The molecule has 0 saturated carbocycles. The fraction of sp³-hybridized carbons (Fsp3) is 0.333. The van der Waals surface area contributed by atoms with Crippen LogP contribution in [-0.4, -0.2) is 20.8 Å². The van der Waals surface area contributed by atoms with Crippen molar-refractivity contribution in [3.05, 3.63) is 59.7 Å². The lowest BCUT2D eigenvalue weighted by Crippen LogP contribution is -2.19. The third kappa shape index (κ3) is 4.23. The van der Waals surface area contributed by atoms with Gasteiger partial charge in [0.25, 0.3) is 0 Å². The molecule has 1 atom stereocenters. The summed E-state index contributed by atoms with van der Waals surface area (Å²) in [5.74, 6) is 1.83. The summed E-state index contributed by atoms with van der Waals surface area (Å²) < 4.78 is 11.3. The SMILES string of the molecule is CNC(CCOc1cccc(C)c1)c1ccccc1OC. The smallest absolute Gasteiger partial charge is 0.123 e. The van der Waals surface area contributed by atoms with Crippen molar-refractivity contribution in [3.8, 4) is 11.5 Å². The highest BCUT2D eigenvalue weighted by Crippen LogP contribution is 2.26. The highest BCUT2D eigenvalue weighted by atomic mass is 16.5. The van der Waals surface area contributed by atoms with Gasteiger partial charge in [-0.15, -0.1) is 0 Å². The fourth-order valence-electron chi connectivity index (χ4n) is 2.41. The van der Waals surface area contributed by atoms with E-state index in [1.807, 2.05) is 37.4 Å². The summed E-state index contributed by atoms with van der Waals surface area (Å²) in [7, 11) is 3.67. The molecule has 2 rings (SSSR count). The molecular formula is C18H23NO2. The molecule has 0 saturated heterocycles. The van der Waals surface area contributed by atoms with E-state index in [4.69, 9.17) is 9.47 Å². The van der Waals surface area contributed by atoms with E-state index in [1.165, 1.54) is 5.56 Å². The average Bonchev–Trinajstić information content (AvgIpc) is 2.52. The summed E-state index contributed by atoms with van der Waals surface area (Å²) in [6, 6.07) is 16.4. The van der Waals surface area contributed by atoms with Gasteiger partial charge >= 0.3 is 0 Å². The van der Waals surface area contributed by atoms with Gasteiger partial charge in [-0.3, -0.25) is 0 Å². The minimum Gasteiger partial charge on any atom is -0.496 e. The van der Waals surface area contributed by atoms with Crippen molar-refractivity contribution in [3.63, 3.8) is 0 Å². The van der Waals surface area contributed by atoms with Gasteiger partial charge in [0, 0.05) is 18.0 Å². The first kappa shape index (κ1) is 15.4. The number of para-hydroxylation sites is 1. The van der Waals surface area contributed by atoms with Crippen LogP contribution in [0.3, 0.4) is 0 Å². The largest absolute Gasteiger partial charge is 0.496 e. The number of aryl methyl sites for hydroxylation is 1. The van der Waals surface area contributed by atoms with Gasteiger partial charge in [-0.2, -0.15) is 0 Å². The van der Waals surface area contributed by atoms with Gasteiger partial charge in [0.2, 0.25) is 0 Å². The minimum absolute atomic E-state index is 0.214. The highest BCUT2D eigenvalue weighted by Gasteiger charge is 2.13. The molecular weight excluding hydrogens is 262 g/mol. The second kappa shape index (κ2) is 7.70. The lowest BCUT2D eigenvalue weighted by molar-refractivity contribution is 0.287. The van der Waals surface area contributed by atoms with E-state index in [1.54, 1.807) is 7.11 Å². The predicted octanol–water partition coefficient (Wildman–Crippen LogP) is 3.73. The Bertz CT molecular complexity index is 569. The number of nitrogens with one attached hydrogen (secondary N) is 1. The summed E-state index contributed by atoms with van der Waals surface area (Å²) in [6.07, 6.45) is 0.880. The maximum absolute atomic E-state index is 5.83. The summed E-state index contributed by atoms with van der Waals surface area (Å²) in [6.45, 7) is 2.73. The molecule has 3 nitrogen and oxygen atoms in total. The van der Waals surface area contributed by atoms with Crippen molar-refractivity contribution >= 4 is 0 Å². The maximum atomic E-state index is 5.83. The number of ether oxygens (including phenoxy) is 2. The van der Waals surface area contributed by atoms with Gasteiger partial charge in [0.05, 0.1) is 13.7 Å². The molecule has 0 aromatic heterocycles. The number of hydrogen-bond acceptors (Lipinski definition) is 3. The van der Waals surface area contributed by atoms with Crippen molar-refractivity contribution in [2.24, 2.45) is 0 Å². The fourth-order valence-corrected chi connectivity index (χ4v) is 2.41. The normalized spacial score (nSPS) is 12.0. The first-order chi connectivity index (χ1) is 10.2. The summed E-state index contributed by atoms with van der Waals surface area (Å²) in [5, 5.41) is 3.33. The number of rotatable bonds is 7. The van der Waals surface area contributed by atoms with E-state index < -0.39 is 0 Å². The van der Waals surface area contributed by atoms with Crippen LogP contribution < -0.4 is 14.8 Å². The molecule has 112 valence electrons. The molecule has 21 heavy (non-hydrogen) atoms. The van der Waals surface area contributed by atoms with Crippen LogP contribution in [0.5, 0.6) is 11.5 Å². The van der Waals surface area contributed by atoms with Crippen LogP contribution in [0.25, 0.3) is 0 Å². The molecule has 1 N–H and O–H groups in total. The van der Waals surface area contributed by atoms with Crippen LogP contribution >= 0.6 is 0 Å². The van der Waals surface area contributed by atoms with Crippen molar-refractivity contribution in [1.29, 1.82) is 0 Å². The topological polar surface area (TPSA) is 30.5 Å². The van der Waals surface area contributed by atoms with Crippen LogP contribution in [0, 0.1) is 6.92 Å². The molecule has 2 aromatic rings. The van der Waals surface area contributed by atoms with Crippen molar-refractivity contribution < 1.29 is 9.47 Å². The van der Waals surface area contributed by atoms with Crippen molar-refractivity contribution in [2.75, 3.05) is 20.8 Å². The Morgan fingerprint density at radius 1 is 1.10 bits per heavy atom. The Labute approximate surface area is 126 Å². The standard InChI is InChI=1S/C18H23NO2/c1-14-7-6-8-15(13-14)21-12-11-17(19-2)16-9-4-5-10-18(16)20-3/h4-10,13,17,19H,11-12H2,1-3H3. The molecule has 3 heteroatoms. The number of benzene rings is 2. The third-order valence-electron chi connectivity index (χ3n) is 3.53. The number of hydrogen-bond donors (Lipinski definition) is 1. The Kier molecular flexibility index (Phi) is 5.64. The van der Waals surface area contributed by atoms with E-state index in [0.29, 0.717) is 6.61 Å². The van der Waals surface area contributed by atoms with E-state index in [0.717, 1.165) is 23.5 Å². The van der Waals surface area contributed by atoms with Gasteiger partial charge in [-0.05, 0) is 37.7 Å². The van der Waals surface area contributed by atoms with E-state index >= 15 is 0 Å². The molecule has 0 radical (unpaired) electrons. The molecule has 1 unspecified atom stereocenters. The molecule has 0 spiro atoms. The summed E-state index contributed by atoms with van der Waals surface area (Å²) >= 11 is 0. The first-order valence-corrected chi connectivity index (χ1v) is 7.24. The third-order valence-corrected chi connectivity index (χ3v) is 3.53. The molecule has 0 aliphatic rings. The lowest BCUT2D eigenvalue weighted by atomic mass is 10.0. The second-order valence-electron chi connectivity index (χ2n) is 5.04. The summed E-state index contributed by atoms with van der Waals surface area (Å²) in [4.78, 5) is 0. The molecule has 0 amide bonds. The Balaban J connectivity index is 1.96. The van der Waals surface area contributed by atoms with E-state index in [2.05, 4.69) is 30.4 Å². The quantitative estimate of drug-likeness (QED) is 0.840. The van der Waals surface area contributed by atoms with Crippen LogP contribution in [0.4, 0.5) is 0 Å². The monoisotopic (exact) mass is 285 g/mol. The number of methoxy groups -OCH3 is 1. The minimum atomic E-state index is 0.214. The lowest BCUT2D eigenvalue weighted by Gasteiger charge is -2.19. The first-order valence-electron chi connectivity index (χ1n) is 7.24. The zero-order valence-corrected chi connectivity index (χ0v) is 12.9. The van der Waals surface area contributed by atoms with Crippen LogP contribution in [-0.2, 0) is 0 Å². The Morgan fingerprint density at radius 2 is 1.90 bits per heavy atom. The zero-order chi connectivity index (χ0) is 15.1. The molecule has 0 aliphatic heterocycles. The average molecular weight is 285 g/mol. The van der Waals surface area contributed by atoms with Crippen LogP contribution in [0.1, 0.15) is 23.6 Å². The van der Waals surface area contributed by atoms with E-state index in [-0.39, 0.29) is 6.04 Å². The van der Waals surface area contributed by atoms with Gasteiger partial charge in [-0.25, -0.2) is 0 Å². The maximum Gasteiger partial charge on any atom is 0.123 e. The van der Waals surface area contributed by atoms with Crippen LogP contribution in [0.2, 0.25) is 0 Å². The van der Waals surface area contributed by atoms with Crippen molar-refractivity contribution in [1.82, 2.24) is 5.32 Å². The van der Waals surface area contributed by atoms with Crippen LogP contribution in [0.15, 0.2) is 48.5 Å². The Hall–Kier alpha value is -2.00. The molecule has 0 bridgehead atoms. The molecule has 0 aliphatic carbocycles. The van der Waals surface area contributed by atoms with E-state index in [9.17, 15) is 0 Å². The summed E-state index contributed by atoms with van der Waals surface area (Å²) in [5.41, 5.74) is 2.37. The predicted molar refractivity (Wildman–Crippen MR) is 86.1 cm³/mol. The van der Waals surface area contributed by atoms with Gasteiger partial charge < -0.3 is 14.8 Å². The van der Waals surface area contributed by atoms with Gasteiger partial charge in [-0.1, -0.05) is 30.3 Å². The zero-order valence-electron chi connectivity index (χ0n) is 12.9.